The summed E-state index contributed by atoms with van der Waals surface area (Å²) in [5, 5.41) is 0.559. The number of aromatic nitrogens is 2. The summed E-state index contributed by atoms with van der Waals surface area (Å²) in [6, 6.07) is 0. The second kappa shape index (κ2) is 8.92. The molecule has 1 aromatic heterocycles. The monoisotopic (exact) mass is 372 g/mol. The van der Waals surface area contributed by atoms with Gasteiger partial charge in [-0.2, -0.15) is 0 Å². The number of fused-ring (bicyclic) bond motifs is 1. The van der Waals surface area contributed by atoms with Crippen LogP contribution in [0, 0.1) is 0 Å². The molecule has 24 heavy (non-hydrogen) atoms. The van der Waals surface area contributed by atoms with Crippen LogP contribution in [0.1, 0.15) is 32.9 Å². The average molecular weight is 373 g/mol. The van der Waals surface area contributed by atoms with E-state index in [4.69, 9.17) is 9.47 Å². The molecule has 8 heteroatoms. The van der Waals surface area contributed by atoms with Gasteiger partial charge in [0.25, 0.3) is 5.56 Å². The summed E-state index contributed by atoms with van der Waals surface area (Å²) in [6.07, 6.45) is 1.40. The largest absolute Gasteiger partial charge is 0.465 e. The number of hydrogen-bond donors (Lipinski definition) is 0. The highest BCUT2D eigenvalue weighted by molar-refractivity contribution is 8.00. The van der Waals surface area contributed by atoms with Gasteiger partial charge < -0.3 is 9.47 Å². The van der Waals surface area contributed by atoms with Crippen molar-refractivity contribution in [1.29, 1.82) is 0 Å². The van der Waals surface area contributed by atoms with Crippen LogP contribution >= 0.6 is 23.5 Å². The smallest absolute Gasteiger partial charge is 0.319 e. The van der Waals surface area contributed by atoms with E-state index in [-0.39, 0.29) is 16.8 Å². The van der Waals surface area contributed by atoms with E-state index in [9.17, 15) is 9.59 Å². The maximum Gasteiger partial charge on any atom is 0.319 e. The molecule has 1 aliphatic heterocycles. The Labute approximate surface area is 150 Å². The lowest BCUT2D eigenvalue weighted by molar-refractivity contribution is -0.142. The van der Waals surface area contributed by atoms with E-state index in [1.54, 1.807) is 30.4 Å². The molecule has 2 rings (SSSR count). The number of carbonyl (C=O) groups is 1. The second-order valence-corrected chi connectivity index (χ2v) is 8.14. The number of esters is 1. The van der Waals surface area contributed by atoms with Gasteiger partial charge >= 0.3 is 5.97 Å². The SMILES string of the molecule is CCOC(=O)C(CC)Sc1nc2c(c(=O)n1CCOC)SC(C)C2. The van der Waals surface area contributed by atoms with Crippen LogP contribution in [-0.2, 0) is 27.2 Å². The second-order valence-electron chi connectivity index (χ2n) is 5.52. The van der Waals surface area contributed by atoms with Crippen molar-refractivity contribution in [3.63, 3.8) is 0 Å². The van der Waals surface area contributed by atoms with Crippen molar-refractivity contribution >= 4 is 29.5 Å². The van der Waals surface area contributed by atoms with E-state index >= 15 is 0 Å². The molecule has 0 aromatic carbocycles. The fourth-order valence-corrected chi connectivity index (χ4v) is 4.63. The Kier molecular flexibility index (Phi) is 7.18. The molecular weight excluding hydrogens is 348 g/mol. The first-order chi connectivity index (χ1) is 11.5. The number of thioether (sulfide) groups is 2. The average Bonchev–Trinajstić information content (AvgIpc) is 2.93. The fourth-order valence-electron chi connectivity index (χ4n) is 2.46. The van der Waals surface area contributed by atoms with E-state index < -0.39 is 0 Å². The number of nitrogens with zero attached hydrogens (tertiary/aromatic N) is 2. The number of rotatable bonds is 8. The van der Waals surface area contributed by atoms with E-state index in [0.717, 1.165) is 17.0 Å². The minimum absolute atomic E-state index is 0.0346. The maximum atomic E-state index is 12.8. The van der Waals surface area contributed by atoms with Crippen LogP contribution in [0.25, 0.3) is 0 Å². The molecular formula is C16H24N2O4S2. The van der Waals surface area contributed by atoms with E-state index in [1.165, 1.54) is 11.8 Å². The van der Waals surface area contributed by atoms with Gasteiger partial charge in [-0.1, -0.05) is 25.6 Å². The van der Waals surface area contributed by atoms with Gasteiger partial charge in [-0.25, -0.2) is 4.98 Å². The van der Waals surface area contributed by atoms with Gasteiger partial charge in [-0.3, -0.25) is 14.2 Å². The third-order valence-electron chi connectivity index (χ3n) is 3.65. The molecule has 0 bridgehead atoms. The number of hydrogen-bond acceptors (Lipinski definition) is 7. The zero-order valence-corrected chi connectivity index (χ0v) is 16.2. The lowest BCUT2D eigenvalue weighted by Gasteiger charge is -2.17. The fraction of sp³-hybridized carbons (Fsp3) is 0.688. The Bertz CT molecular complexity index is 648. The van der Waals surface area contributed by atoms with E-state index in [0.29, 0.717) is 36.6 Å². The lowest BCUT2D eigenvalue weighted by Crippen LogP contribution is -2.29. The molecule has 2 atom stereocenters. The zero-order valence-electron chi connectivity index (χ0n) is 14.5. The molecule has 2 unspecified atom stereocenters. The summed E-state index contributed by atoms with van der Waals surface area (Å²) in [7, 11) is 1.60. The molecule has 1 aliphatic rings. The quantitative estimate of drug-likeness (QED) is 0.394. The predicted octanol–water partition coefficient (Wildman–Crippen LogP) is 2.36. The van der Waals surface area contributed by atoms with E-state index in [1.807, 2.05) is 6.92 Å². The molecule has 6 nitrogen and oxygen atoms in total. The molecule has 134 valence electrons. The Balaban J connectivity index is 2.36. The topological polar surface area (TPSA) is 70.4 Å². The van der Waals surface area contributed by atoms with Gasteiger partial charge in [0.1, 0.15) is 5.25 Å². The molecule has 0 radical (unpaired) electrons. The van der Waals surface area contributed by atoms with Crippen LogP contribution < -0.4 is 5.56 Å². The normalized spacial score (nSPS) is 17.6. The standard InChI is InChI=1S/C16H24N2O4S2/c1-5-12(15(20)22-6-2)24-16-17-11-9-10(3)23-13(11)14(19)18(16)7-8-21-4/h10,12H,5-9H2,1-4H3. The van der Waals surface area contributed by atoms with Crippen molar-refractivity contribution in [2.45, 2.75) is 60.7 Å². The summed E-state index contributed by atoms with van der Waals surface area (Å²) in [5.41, 5.74) is 0.806. The minimum Gasteiger partial charge on any atom is -0.465 e. The highest BCUT2D eigenvalue weighted by atomic mass is 32.2. The van der Waals surface area contributed by atoms with Crippen molar-refractivity contribution in [2.24, 2.45) is 0 Å². The van der Waals surface area contributed by atoms with Crippen molar-refractivity contribution in [3.8, 4) is 0 Å². The van der Waals surface area contributed by atoms with Gasteiger partial charge in [-0.05, 0) is 13.3 Å². The van der Waals surface area contributed by atoms with Gasteiger partial charge in [0.05, 0.1) is 30.3 Å². The van der Waals surface area contributed by atoms with Crippen molar-refractivity contribution in [3.05, 3.63) is 16.0 Å². The third kappa shape index (κ3) is 4.34. The molecule has 0 fully saturated rings. The highest BCUT2D eigenvalue weighted by Gasteiger charge is 2.28. The van der Waals surface area contributed by atoms with Crippen LogP contribution in [0.5, 0.6) is 0 Å². The van der Waals surface area contributed by atoms with Crippen molar-refractivity contribution in [2.75, 3.05) is 20.3 Å². The summed E-state index contributed by atoms with van der Waals surface area (Å²) in [6.45, 7) is 6.99. The van der Waals surface area contributed by atoms with Crippen LogP contribution in [0.2, 0.25) is 0 Å². The van der Waals surface area contributed by atoms with Gasteiger partial charge in [0.2, 0.25) is 0 Å². The van der Waals surface area contributed by atoms with Gasteiger partial charge in [-0.15, -0.1) is 11.8 Å². The Morgan fingerprint density at radius 1 is 1.50 bits per heavy atom. The molecule has 0 spiro atoms. The van der Waals surface area contributed by atoms with Crippen LogP contribution in [0.15, 0.2) is 14.8 Å². The minimum atomic E-state index is -0.366. The number of ether oxygens (including phenoxy) is 2. The van der Waals surface area contributed by atoms with Crippen molar-refractivity contribution in [1.82, 2.24) is 9.55 Å². The summed E-state index contributed by atoms with van der Waals surface area (Å²) < 4.78 is 11.9. The molecule has 0 amide bonds. The van der Waals surface area contributed by atoms with Gasteiger partial charge in [0.15, 0.2) is 5.16 Å². The van der Waals surface area contributed by atoms with Crippen LogP contribution in [0.3, 0.4) is 0 Å². The van der Waals surface area contributed by atoms with Crippen LogP contribution in [-0.4, -0.2) is 46.3 Å². The zero-order chi connectivity index (χ0) is 17.7. The van der Waals surface area contributed by atoms with Crippen molar-refractivity contribution < 1.29 is 14.3 Å². The Morgan fingerprint density at radius 2 is 2.25 bits per heavy atom. The molecule has 0 aliphatic carbocycles. The Hall–Kier alpha value is -0.990. The first-order valence-corrected chi connectivity index (χ1v) is 9.90. The summed E-state index contributed by atoms with van der Waals surface area (Å²) in [4.78, 5) is 30.3. The summed E-state index contributed by atoms with van der Waals surface area (Å²) >= 11 is 2.88. The number of methoxy groups -OCH3 is 1. The summed E-state index contributed by atoms with van der Waals surface area (Å²) in [5.74, 6) is -0.263. The van der Waals surface area contributed by atoms with Crippen LogP contribution in [0.4, 0.5) is 0 Å². The van der Waals surface area contributed by atoms with Gasteiger partial charge in [0, 0.05) is 18.8 Å². The Morgan fingerprint density at radius 3 is 2.88 bits per heavy atom. The molecule has 0 N–H and O–H groups in total. The highest BCUT2D eigenvalue weighted by Crippen LogP contribution is 2.35. The first kappa shape index (κ1) is 19.3. The third-order valence-corrected chi connectivity index (χ3v) is 6.20. The van der Waals surface area contributed by atoms with E-state index in [2.05, 4.69) is 11.9 Å². The first-order valence-electron chi connectivity index (χ1n) is 8.14. The number of carbonyl (C=O) groups excluding carboxylic acids is 1. The molecule has 1 aromatic rings. The predicted molar refractivity (Wildman–Crippen MR) is 96.0 cm³/mol. The molecule has 0 saturated heterocycles. The molecule has 2 heterocycles. The maximum absolute atomic E-state index is 12.8. The molecule has 0 saturated carbocycles. The lowest BCUT2D eigenvalue weighted by atomic mass is 10.2.